The Balaban J connectivity index is 2.23. The van der Waals surface area contributed by atoms with Gasteiger partial charge in [-0.3, -0.25) is 4.79 Å². The van der Waals surface area contributed by atoms with Crippen LogP contribution in [0.2, 0.25) is 0 Å². The van der Waals surface area contributed by atoms with Gasteiger partial charge in [-0.05, 0) is 12.8 Å². The van der Waals surface area contributed by atoms with E-state index in [1.54, 1.807) is 0 Å². The molecule has 7 heteroatoms. The van der Waals surface area contributed by atoms with E-state index in [9.17, 15) is 26.7 Å². The van der Waals surface area contributed by atoms with Crippen molar-refractivity contribution in [2.45, 2.75) is 12.8 Å². The maximum Gasteiger partial charge on any atom is 0.207 e. The second-order valence-electron chi connectivity index (χ2n) is 3.93. The number of hydrogen-bond acceptors (Lipinski definition) is 2. The van der Waals surface area contributed by atoms with Gasteiger partial charge in [-0.25, -0.2) is 13.2 Å². The molecule has 0 bridgehead atoms. The largest absolute Gasteiger partial charge is 0.480 e. The smallest absolute Gasteiger partial charge is 0.207 e. The van der Waals surface area contributed by atoms with Crippen LogP contribution in [0.3, 0.4) is 0 Å². The Kier molecular flexibility index (Phi) is 3.23. The number of ketones is 1. The number of carbonyl (C=O) groups is 1. The highest BCUT2D eigenvalue weighted by atomic mass is 19.2. The van der Waals surface area contributed by atoms with Gasteiger partial charge in [0, 0.05) is 5.92 Å². The van der Waals surface area contributed by atoms with Crippen molar-refractivity contribution in [1.82, 2.24) is 0 Å². The van der Waals surface area contributed by atoms with Crippen molar-refractivity contribution in [1.29, 1.82) is 0 Å². The lowest BCUT2D eigenvalue weighted by atomic mass is 10.2. The van der Waals surface area contributed by atoms with Crippen LogP contribution < -0.4 is 4.74 Å². The predicted molar refractivity (Wildman–Crippen MR) is 49.5 cm³/mol. The van der Waals surface area contributed by atoms with Crippen LogP contribution in [-0.2, 0) is 4.79 Å². The van der Waals surface area contributed by atoms with Gasteiger partial charge in [0.05, 0.1) is 0 Å². The number of Topliss-reactive ketones (excluding diaryl/α,β-unsaturated/α-hetero) is 1. The fourth-order valence-corrected chi connectivity index (χ4v) is 1.38. The highest BCUT2D eigenvalue weighted by molar-refractivity contribution is 5.84. The standard InChI is InChI=1S/C11H7F5O2/c12-6-7(13)9(15)11(10(16)8(6)14)18-3-5(17)4-1-2-4/h4H,1-3H2. The van der Waals surface area contributed by atoms with Gasteiger partial charge in [0.2, 0.25) is 29.1 Å². The maximum absolute atomic E-state index is 13.1. The molecule has 0 spiro atoms. The molecule has 0 amide bonds. The quantitative estimate of drug-likeness (QED) is 0.476. The summed E-state index contributed by atoms with van der Waals surface area (Å²) in [7, 11) is 0. The minimum atomic E-state index is -2.26. The summed E-state index contributed by atoms with van der Waals surface area (Å²) < 4.78 is 68.9. The summed E-state index contributed by atoms with van der Waals surface area (Å²) in [5, 5.41) is 0. The maximum atomic E-state index is 13.1. The molecule has 0 saturated heterocycles. The minimum Gasteiger partial charge on any atom is -0.480 e. The predicted octanol–water partition coefficient (Wildman–Crippen LogP) is 2.74. The zero-order valence-corrected chi connectivity index (χ0v) is 8.90. The van der Waals surface area contributed by atoms with Gasteiger partial charge in [-0.15, -0.1) is 0 Å². The van der Waals surface area contributed by atoms with Gasteiger partial charge in [-0.2, -0.15) is 8.78 Å². The van der Waals surface area contributed by atoms with Gasteiger partial charge >= 0.3 is 0 Å². The van der Waals surface area contributed by atoms with E-state index in [0.29, 0.717) is 12.8 Å². The van der Waals surface area contributed by atoms with E-state index in [2.05, 4.69) is 4.74 Å². The van der Waals surface area contributed by atoms with E-state index >= 15 is 0 Å². The molecule has 98 valence electrons. The minimum absolute atomic E-state index is 0.230. The molecule has 0 N–H and O–H groups in total. The molecule has 1 fully saturated rings. The van der Waals surface area contributed by atoms with Crippen molar-refractivity contribution in [2.75, 3.05) is 6.61 Å². The number of rotatable bonds is 4. The number of carbonyl (C=O) groups excluding carboxylic acids is 1. The Morgan fingerprint density at radius 1 is 0.944 bits per heavy atom. The molecule has 18 heavy (non-hydrogen) atoms. The highest BCUT2D eigenvalue weighted by Crippen LogP contribution is 2.32. The summed E-state index contributed by atoms with van der Waals surface area (Å²) in [6.07, 6.45) is 1.30. The van der Waals surface area contributed by atoms with Crippen LogP contribution in [0.4, 0.5) is 22.0 Å². The van der Waals surface area contributed by atoms with Crippen molar-refractivity contribution < 1.29 is 31.5 Å². The van der Waals surface area contributed by atoms with Crippen LogP contribution in [0.15, 0.2) is 0 Å². The van der Waals surface area contributed by atoms with E-state index < -0.39 is 47.2 Å². The molecule has 0 aliphatic heterocycles. The Labute approximate surface area is 98.4 Å². The third-order valence-electron chi connectivity index (χ3n) is 2.56. The third kappa shape index (κ3) is 2.16. The lowest BCUT2D eigenvalue weighted by molar-refractivity contribution is -0.122. The summed E-state index contributed by atoms with van der Waals surface area (Å²) in [6.45, 7) is -0.705. The van der Waals surface area contributed by atoms with Crippen LogP contribution >= 0.6 is 0 Å². The van der Waals surface area contributed by atoms with Crippen LogP contribution in [0, 0.1) is 35.0 Å². The second-order valence-corrected chi connectivity index (χ2v) is 3.93. The first-order valence-electron chi connectivity index (χ1n) is 5.10. The normalized spacial score (nSPS) is 14.7. The molecule has 0 aromatic heterocycles. The SMILES string of the molecule is O=C(COc1c(F)c(F)c(F)c(F)c1F)C1CC1. The van der Waals surface area contributed by atoms with Crippen LogP contribution in [0.25, 0.3) is 0 Å². The Morgan fingerprint density at radius 2 is 1.39 bits per heavy atom. The molecule has 2 nitrogen and oxygen atoms in total. The highest BCUT2D eigenvalue weighted by Gasteiger charge is 2.31. The average Bonchev–Trinajstić information content (AvgIpc) is 3.18. The van der Waals surface area contributed by atoms with Gasteiger partial charge < -0.3 is 4.74 Å². The molecule has 0 unspecified atom stereocenters. The fraction of sp³-hybridized carbons (Fsp3) is 0.364. The average molecular weight is 266 g/mol. The van der Waals surface area contributed by atoms with Crippen molar-refractivity contribution in [3.05, 3.63) is 29.1 Å². The molecule has 1 aromatic rings. The van der Waals surface area contributed by atoms with Crippen LogP contribution in [0.5, 0.6) is 5.75 Å². The Hall–Kier alpha value is -1.66. The van der Waals surface area contributed by atoms with Crippen LogP contribution in [0.1, 0.15) is 12.8 Å². The van der Waals surface area contributed by atoms with E-state index in [1.165, 1.54) is 0 Å². The van der Waals surface area contributed by atoms with E-state index in [4.69, 9.17) is 0 Å². The third-order valence-corrected chi connectivity index (χ3v) is 2.56. The van der Waals surface area contributed by atoms with Crippen molar-refractivity contribution in [2.24, 2.45) is 5.92 Å². The van der Waals surface area contributed by atoms with Gasteiger partial charge in [0.1, 0.15) is 6.61 Å². The summed E-state index contributed by atoms with van der Waals surface area (Å²) in [6, 6.07) is 0. The fourth-order valence-electron chi connectivity index (χ4n) is 1.38. The molecule has 0 radical (unpaired) electrons. The second kappa shape index (κ2) is 4.55. The molecule has 1 aliphatic rings. The summed E-state index contributed by atoms with van der Waals surface area (Å²) >= 11 is 0. The molecular weight excluding hydrogens is 259 g/mol. The van der Waals surface area contributed by atoms with Crippen molar-refractivity contribution in [3.63, 3.8) is 0 Å². The molecule has 2 rings (SSSR count). The van der Waals surface area contributed by atoms with Crippen molar-refractivity contribution in [3.8, 4) is 5.75 Å². The Bertz CT molecular complexity index is 482. The van der Waals surface area contributed by atoms with E-state index in [0.717, 1.165) is 0 Å². The summed E-state index contributed by atoms with van der Waals surface area (Å²) in [5.41, 5.74) is 0. The summed E-state index contributed by atoms with van der Waals surface area (Å²) in [4.78, 5) is 11.2. The molecular formula is C11H7F5O2. The first-order chi connectivity index (χ1) is 8.43. The molecule has 0 atom stereocenters. The topological polar surface area (TPSA) is 26.3 Å². The van der Waals surface area contributed by atoms with Gasteiger partial charge in [0.25, 0.3) is 0 Å². The van der Waals surface area contributed by atoms with E-state index in [1.807, 2.05) is 0 Å². The molecule has 0 heterocycles. The number of benzene rings is 1. The number of ether oxygens (including phenoxy) is 1. The van der Waals surface area contributed by atoms with Gasteiger partial charge in [0.15, 0.2) is 11.5 Å². The van der Waals surface area contributed by atoms with Gasteiger partial charge in [-0.1, -0.05) is 0 Å². The first-order valence-corrected chi connectivity index (χ1v) is 5.10. The zero-order chi connectivity index (χ0) is 13.4. The molecule has 1 aliphatic carbocycles. The number of halogens is 5. The first kappa shape index (κ1) is 12.8. The summed E-state index contributed by atoms with van der Waals surface area (Å²) in [5.74, 6) is -12.7. The lowest BCUT2D eigenvalue weighted by Gasteiger charge is -2.09. The number of hydrogen-bond donors (Lipinski definition) is 0. The van der Waals surface area contributed by atoms with Crippen LogP contribution in [-0.4, -0.2) is 12.4 Å². The Morgan fingerprint density at radius 3 is 1.83 bits per heavy atom. The lowest BCUT2D eigenvalue weighted by Crippen LogP contribution is -2.15. The molecule has 1 aromatic carbocycles. The monoisotopic (exact) mass is 266 g/mol. The zero-order valence-electron chi connectivity index (χ0n) is 8.90. The van der Waals surface area contributed by atoms with Crippen molar-refractivity contribution >= 4 is 5.78 Å². The molecule has 1 saturated carbocycles. The van der Waals surface area contributed by atoms with E-state index in [-0.39, 0.29) is 5.92 Å².